The van der Waals surface area contributed by atoms with Crippen molar-refractivity contribution in [1.29, 1.82) is 0 Å². The first-order valence-corrected chi connectivity index (χ1v) is 3.85. The van der Waals surface area contributed by atoms with Crippen LogP contribution < -0.4 is 16.3 Å². The summed E-state index contributed by atoms with van der Waals surface area (Å²) in [6.07, 6.45) is 1.03. The molecule has 2 rings (SSSR count). The number of rotatable bonds is 0. The van der Waals surface area contributed by atoms with Crippen LogP contribution in [0.5, 0.6) is 0 Å². The first-order valence-electron chi connectivity index (χ1n) is 3.85. The minimum Gasteiger partial charge on any atom is -0.272 e. The van der Waals surface area contributed by atoms with Gasteiger partial charge in [0.05, 0.1) is 6.04 Å². The number of carbonyl (C=O) groups is 1. The van der Waals surface area contributed by atoms with Gasteiger partial charge in [0.15, 0.2) is 0 Å². The number of nitrogens with one attached hydrogen (secondary N) is 3. The summed E-state index contributed by atoms with van der Waals surface area (Å²) >= 11 is 0. The van der Waals surface area contributed by atoms with Crippen LogP contribution >= 0.6 is 0 Å². The summed E-state index contributed by atoms with van der Waals surface area (Å²) in [5.74, 6) is 0. The number of hydrogen-bond donors (Lipinski definition) is 3. The fourth-order valence-corrected chi connectivity index (χ4v) is 1.61. The van der Waals surface area contributed by atoms with Crippen LogP contribution in [0.3, 0.4) is 0 Å². The number of urea groups is 1. The highest BCUT2D eigenvalue weighted by molar-refractivity contribution is 5.74. The summed E-state index contributed by atoms with van der Waals surface area (Å²) in [5, 5.41) is 1.67. The molecule has 2 saturated heterocycles. The van der Waals surface area contributed by atoms with Crippen LogP contribution in [0.4, 0.5) is 4.79 Å². The lowest BCUT2D eigenvalue weighted by Crippen LogP contribution is -2.61. The van der Waals surface area contributed by atoms with E-state index in [1.54, 1.807) is 5.01 Å². The minimum atomic E-state index is -0.0781. The summed E-state index contributed by atoms with van der Waals surface area (Å²) < 4.78 is 0. The van der Waals surface area contributed by atoms with Crippen molar-refractivity contribution >= 4 is 6.03 Å². The maximum absolute atomic E-state index is 11.1. The lowest BCUT2D eigenvalue weighted by Gasteiger charge is -2.29. The molecule has 5 nitrogen and oxygen atoms in total. The number of amides is 2. The molecule has 3 N–H and O–H groups in total. The van der Waals surface area contributed by atoms with Gasteiger partial charge in [-0.15, -0.1) is 0 Å². The van der Waals surface area contributed by atoms with Gasteiger partial charge in [0.2, 0.25) is 0 Å². The molecule has 0 bridgehead atoms. The van der Waals surface area contributed by atoms with Gasteiger partial charge in [-0.2, -0.15) is 0 Å². The quantitative estimate of drug-likeness (QED) is 0.429. The van der Waals surface area contributed by atoms with Crippen LogP contribution in [-0.2, 0) is 0 Å². The molecule has 0 aliphatic carbocycles. The van der Waals surface area contributed by atoms with E-state index in [-0.39, 0.29) is 6.03 Å². The van der Waals surface area contributed by atoms with E-state index in [0.717, 1.165) is 13.0 Å². The molecule has 2 amide bonds. The van der Waals surface area contributed by atoms with Crippen molar-refractivity contribution in [2.45, 2.75) is 25.4 Å². The summed E-state index contributed by atoms with van der Waals surface area (Å²) in [6, 6.07) is 0.648. The summed E-state index contributed by atoms with van der Waals surface area (Å²) in [5.41, 5.74) is 8.48. The number of hydrazine groups is 2. The van der Waals surface area contributed by atoms with Crippen LogP contribution in [0.25, 0.3) is 0 Å². The van der Waals surface area contributed by atoms with Crippen molar-refractivity contribution in [3.05, 3.63) is 0 Å². The Balaban J connectivity index is 2.09. The Hall–Kier alpha value is -0.810. The summed E-state index contributed by atoms with van der Waals surface area (Å²) in [4.78, 5) is 11.1. The topological polar surface area (TPSA) is 56.4 Å². The van der Waals surface area contributed by atoms with E-state index in [0.29, 0.717) is 12.1 Å². The Morgan fingerprint density at radius 2 is 2.45 bits per heavy atom. The van der Waals surface area contributed by atoms with E-state index in [1.807, 2.05) is 0 Å². The number of fused-ring (bicyclic) bond motifs is 1. The molecule has 5 heteroatoms. The van der Waals surface area contributed by atoms with Gasteiger partial charge in [0.25, 0.3) is 0 Å². The van der Waals surface area contributed by atoms with Crippen molar-refractivity contribution < 1.29 is 4.79 Å². The van der Waals surface area contributed by atoms with Crippen LogP contribution in [-0.4, -0.2) is 29.7 Å². The normalized spacial score (nSPS) is 36.8. The maximum Gasteiger partial charge on any atom is 0.346 e. The lowest BCUT2D eigenvalue weighted by atomic mass is 10.1. The summed E-state index contributed by atoms with van der Waals surface area (Å²) in [6.45, 7) is 2.90. The molecule has 2 aliphatic heterocycles. The second kappa shape index (κ2) is 2.35. The van der Waals surface area contributed by atoms with Gasteiger partial charge >= 0.3 is 6.03 Å². The highest BCUT2D eigenvalue weighted by Crippen LogP contribution is 2.14. The smallest absolute Gasteiger partial charge is 0.272 e. The SMILES string of the molecule is CC1CC2CNNC(=O)N2N1. The number of nitrogens with zero attached hydrogens (tertiary/aromatic N) is 1. The van der Waals surface area contributed by atoms with Crippen molar-refractivity contribution in [3.63, 3.8) is 0 Å². The number of hydrogen-bond acceptors (Lipinski definition) is 3. The Morgan fingerprint density at radius 1 is 1.64 bits per heavy atom. The molecule has 11 heavy (non-hydrogen) atoms. The lowest BCUT2D eigenvalue weighted by molar-refractivity contribution is 0.141. The third-order valence-electron chi connectivity index (χ3n) is 2.10. The van der Waals surface area contributed by atoms with Gasteiger partial charge in [-0.25, -0.2) is 15.6 Å². The molecule has 2 aliphatic rings. The summed E-state index contributed by atoms with van der Waals surface area (Å²) in [7, 11) is 0. The Bertz CT molecular complexity index is 183. The molecule has 0 aromatic heterocycles. The molecule has 62 valence electrons. The zero-order chi connectivity index (χ0) is 7.84. The monoisotopic (exact) mass is 156 g/mol. The van der Waals surface area contributed by atoms with E-state index in [1.165, 1.54) is 0 Å². The van der Waals surface area contributed by atoms with E-state index < -0.39 is 0 Å². The molecular weight excluding hydrogens is 144 g/mol. The molecule has 2 atom stereocenters. The van der Waals surface area contributed by atoms with Crippen molar-refractivity contribution in [2.75, 3.05) is 6.54 Å². The van der Waals surface area contributed by atoms with Crippen molar-refractivity contribution in [2.24, 2.45) is 0 Å². The third kappa shape index (κ3) is 1.06. The zero-order valence-corrected chi connectivity index (χ0v) is 6.42. The predicted molar refractivity (Wildman–Crippen MR) is 39.4 cm³/mol. The van der Waals surface area contributed by atoms with Crippen LogP contribution in [0.15, 0.2) is 0 Å². The molecule has 2 heterocycles. The van der Waals surface area contributed by atoms with Gasteiger partial charge in [-0.3, -0.25) is 10.4 Å². The van der Waals surface area contributed by atoms with E-state index in [2.05, 4.69) is 23.2 Å². The fraction of sp³-hybridized carbons (Fsp3) is 0.833. The van der Waals surface area contributed by atoms with Gasteiger partial charge in [-0.05, 0) is 13.3 Å². The molecule has 0 spiro atoms. The molecule has 0 radical (unpaired) electrons. The molecule has 2 fully saturated rings. The van der Waals surface area contributed by atoms with Gasteiger partial charge in [0.1, 0.15) is 0 Å². The molecule has 0 saturated carbocycles. The third-order valence-corrected chi connectivity index (χ3v) is 2.10. The van der Waals surface area contributed by atoms with Crippen molar-refractivity contribution in [1.82, 2.24) is 21.3 Å². The minimum absolute atomic E-state index is 0.0781. The molecule has 0 aromatic carbocycles. The van der Waals surface area contributed by atoms with E-state index in [4.69, 9.17) is 0 Å². The van der Waals surface area contributed by atoms with Crippen LogP contribution in [0.2, 0.25) is 0 Å². The maximum atomic E-state index is 11.1. The standard InChI is InChI=1S/C6H12N4O/c1-4-2-5-3-7-8-6(11)10(5)9-4/h4-5,7,9H,2-3H2,1H3,(H,8,11). The zero-order valence-electron chi connectivity index (χ0n) is 6.42. The Kier molecular flexibility index (Phi) is 1.47. The van der Waals surface area contributed by atoms with E-state index >= 15 is 0 Å². The van der Waals surface area contributed by atoms with Crippen LogP contribution in [0, 0.1) is 0 Å². The predicted octanol–water partition coefficient (Wildman–Crippen LogP) is -0.818. The Labute approximate surface area is 65.1 Å². The second-order valence-corrected chi connectivity index (χ2v) is 3.10. The average molecular weight is 156 g/mol. The average Bonchev–Trinajstić information content (AvgIpc) is 2.31. The second-order valence-electron chi connectivity index (χ2n) is 3.10. The van der Waals surface area contributed by atoms with Gasteiger partial charge in [-0.1, -0.05) is 0 Å². The fourth-order valence-electron chi connectivity index (χ4n) is 1.61. The number of carbonyl (C=O) groups excluding carboxylic acids is 1. The first-order chi connectivity index (χ1) is 5.27. The Morgan fingerprint density at radius 3 is 3.18 bits per heavy atom. The van der Waals surface area contributed by atoms with Gasteiger partial charge < -0.3 is 0 Å². The highest BCUT2D eigenvalue weighted by Gasteiger charge is 2.35. The van der Waals surface area contributed by atoms with E-state index in [9.17, 15) is 4.79 Å². The highest BCUT2D eigenvalue weighted by atomic mass is 16.2. The largest absolute Gasteiger partial charge is 0.346 e. The molecule has 0 aromatic rings. The van der Waals surface area contributed by atoms with Gasteiger partial charge in [0, 0.05) is 12.6 Å². The first kappa shape index (κ1) is 6.87. The van der Waals surface area contributed by atoms with Crippen LogP contribution in [0.1, 0.15) is 13.3 Å². The molecule has 2 unspecified atom stereocenters. The molecular formula is C6H12N4O. The van der Waals surface area contributed by atoms with Crippen molar-refractivity contribution in [3.8, 4) is 0 Å².